The van der Waals surface area contributed by atoms with Crippen molar-refractivity contribution in [2.24, 2.45) is 0 Å². The first-order valence-corrected chi connectivity index (χ1v) is 8.34. The van der Waals surface area contributed by atoms with Gasteiger partial charge in [0.1, 0.15) is 18.5 Å². The van der Waals surface area contributed by atoms with Gasteiger partial charge in [-0.05, 0) is 43.5 Å². The molecule has 126 valence electrons. The van der Waals surface area contributed by atoms with Crippen molar-refractivity contribution in [2.75, 3.05) is 26.3 Å². The van der Waals surface area contributed by atoms with Crippen LogP contribution in [-0.2, 0) is 6.42 Å². The van der Waals surface area contributed by atoms with E-state index in [2.05, 4.69) is 11.0 Å². The van der Waals surface area contributed by atoms with Gasteiger partial charge in [0.15, 0.2) is 0 Å². The van der Waals surface area contributed by atoms with Crippen molar-refractivity contribution in [3.05, 3.63) is 29.8 Å². The molecule has 5 nitrogen and oxygen atoms in total. The fourth-order valence-corrected chi connectivity index (χ4v) is 3.09. The van der Waals surface area contributed by atoms with Gasteiger partial charge in [-0.25, -0.2) is 0 Å². The molecule has 0 amide bonds. The summed E-state index contributed by atoms with van der Waals surface area (Å²) in [6.07, 6.45) is 4.05. The molecule has 1 aliphatic rings. The maximum Gasteiger partial charge on any atom is 0.119 e. The Morgan fingerprint density at radius 2 is 2.09 bits per heavy atom. The lowest BCUT2D eigenvalue weighted by Crippen LogP contribution is -2.45. The molecular formula is C18H26N2O3. The zero-order chi connectivity index (χ0) is 16.5. The highest BCUT2D eigenvalue weighted by Crippen LogP contribution is 2.20. The molecule has 5 heteroatoms. The fraction of sp³-hybridized carbons (Fsp3) is 0.611. The van der Waals surface area contributed by atoms with Crippen molar-refractivity contribution in [3.8, 4) is 11.8 Å². The maximum absolute atomic E-state index is 10.2. The minimum Gasteiger partial charge on any atom is -0.491 e. The lowest BCUT2D eigenvalue weighted by molar-refractivity contribution is 0.0332. The Kier molecular flexibility index (Phi) is 7.34. The molecule has 0 bridgehead atoms. The first kappa shape index (κ1) is 17.7. The molecule has 0 spiro atoms. The summed E-state index contributed by atoms with van der Waals surface area (Å²) in [5, 5.41) is 28.0. The Bertz CT molecular complexity index is 496. The highest BCUT2D eigenvalue weighted by atomic mass is 16.5. The van der Waals surface area contributed by atoms with E-state index >= 15 is 0 Å². The van der Waals surface area contributed by atoms with Crippen LogP contribution in [0.25, 0.3) is 0 Å². The van der Waals surface area contributed by atoms with Crippen molar-refractivity contribution in [1.29, 1.82) is 5.26 Å². The zero-order valence-corrected chi connectivity index (χ0v) is 13.5. The number of nitriles is 1. The quantitative estimate of drug-likeness (QED) is 0.763. The zero-order valence-electron chi connectivity index (χ0n) is 13.5. The van der Waals surface area contributed by atoms with Crippen LogP contribution in [0.15, 0.2) is 24.3 Å². The number of nitrogens with zero attached hydrogens (tertiary/aromatic N) is 2. The van der Waals surface area contributed by atoms with E-state index in [0.29, 0.717) is 24.8 Å². The number of ether oxygens (including phenoxy) is 1. The van der Waals surface area contributed by atoms with Gasteiger partial charge < -0.3 is 14.9 Å². The summed E-state index contributed by atoms with van der Waals surface area (Å²) in [5.74, 6) is 0.705. The van der Waals surface area contributed by atoms with Gasteiger partial charge in [0.25, 0.3) is 0 Å². The Morgan fingerprint density at radius 3 is 2.78 bits per heavy atom. The molecular weight excluding hydrogens is 292 g/mol. The van der Waals surface area contributed by atoms with Crippen molar-refractivity contribution < 1.29 is 14.9 Å². The van der Waals surface area contributed by atoms with Gasteiger partial charge in [-0.1, -0.05) is 18.6 Å². The number of hydrogen-bond acceptors (Lipinski definition) is 5. The lowest BCUT2D eigenvalue weighted by atomic mass is 9.99. The van der Waals surface area contributed by atoms with Gasteiger partial charge in [-0.2, -0.15) is 5.26 Å². The first-order valence-electron chi connectivity index (χ1n) is 8.34. The minimum atomic E-state index is -0.548. The largest absolute Gasteiger partial charge is 0.491 e. The number of aliphatic hydroxyl groups is 2. The normalized spacial score (nSPS) is 20.0. The highest BCUT2D eigenvalue weighted by Gasteiger charge is 2.24. The summed E-state index contributed by atoms with van der Waals surface area (Å²) >= 11 is 0. The van der Waals surface area contributed by atoms with Gasteiger partial charge in [0, 0.05) is 19.2 Å². The average molecular weight is 318 g/mol. The monoisotopic (exact) mass is 318 g/mol. The van der Waals surface area contributed by atoms with Crippen molar-refractivity contribution in [1.82, 2.24) is 4.90 Å². The molecule has 1 fully saturated rings. The van der Waals surface area contributed by atoms with Crippen molar-refractivity contribution in [2.45, 2.75) is 44.2 Å². The van der Waals surface area contributed by atoms with Crippen LogP contribution in [0.4, 0.5) is 0 Å². The number of aliphatic hydroxyl groups excluding tert-OH is 2. The number of benzene rings is 1. The van der Waals surface area contributed by atoms with E-state index < -0.39 is 6.10 Å². The van der Waals surface area contributed by atoms with Crippen LogP contribution in [0.3, 0.4) is 0 Å². The SMILES string of the molecule is N#CCc1ccc(OC[C@@H](O)CN2CCCC[C@H]2CCO)cc1. The number of β-amino-alcohol motifs (C(OH)–C–C–N with tert-alkyl or cyclic N) is 1. The lowest BCUT2D eigenvalue weighted by Gasteiger charge is -2.36. The maximum atomic E-state index is 10.2. The molecule has 0 unspecified atom stereocenters. The van der Waals surface area contributed by atoms with Crippen LogP contribution in [0.5, 0.6) is 5.75 Å². The minimum absolute atomic E-state index is 0.197. The number of piperidine rings is 1. The second kappa shape index (κ2) is 9.51. The Hall–Kier alpha value is -1.61. The molecule has 23 heavy (non-hydrogen) atoms. The Balaban J connectivity index is 1.77. The van der Waals surface area contributed by atoms with Crippen molar-refractivity contribution in [3.63, 3.8) is 0 Å². The van der Waals surface area contributed by atoms with Gasteiger partial charge in [0.2, 0.25) is 0 Å². The van der Waals surface area contributed by atoms with Crippen LogP contribution in [0, 0.1) is 11.3 Å². The van der Waals surface area contributed by atoms with Crippen molar-refractivity contribution >= 4 is 0 Å². The molecule has 1 aromatic rings. The fourth-order valence-electron chi connectivity index (χ4n) is 3.09. The van der Waals surface area contributed by atoms with Crippen LogP contribution in [-0.4, -0.2) is 53.6 Å². The number of rotatable bonds is 8. The van der Waals surface area contributed by atoms with E-state index in [4.69, 9.17) is 15.1 Å². The smallest absolute Gasteiger partial charge is 0.119 e. The van der Waals surface area contributed by atoms with Gasteiger partial charge in [0.05, 0.1) is 12.5 Å². The van der Waals surface area contributed by atoms with Crippen LogP contribution < -0.4 is 4.74 Å². The molecule has 0 radical (unpaired) electrons. The predicted octanol–water partition coefficient (Wildman–Crippen LogP) is 1.73. The molecule has 2 rings (SSSR count). The molecule has 1 heterocycles. The summed E-state index contributed by atoms with van der Waals surface area (Å²) in [6, 6.07) is 9.87. The van der Waals surface area contributed by atoms with E-state index in [0.717, 1.165) is 31.4 Å². The summed E-state index contributed by atoms with van der Waals surface area (Å²) < 4.78 is 5.63. The van der Waals surface area contributed by atoms with Gasteiger partial charge in [-0.3, -0.25) is 4.90 Å². The summed E-state index contributed by atoms with van der Waals surface area (Å²) in [6.45, 7) is 2.00. The number of hydrogen-bond donors (Lipinski definition) is 2. The Morgan fingerprint density at radius 1 is 1.30 bits per heavy atom. The van der Waals surface area contributed by atoms with Crippen LogP contribution in [0.2, 0.25) is 0 Å². The van der Waals surface area contributed by atoms with E-state index in [1.54, 1.807) is 0 Å². The molecule has 2 atom stereocenters. The van der Waals surface area contributed by atoms with Crippen LogP contribution >= 0.6 is 0 Å². The third-order valence-corrected chi connectivity index (χ3v) is 4.31. The van der Waals surface area contributed by atoms with Gasteiger partial charge in [-0.15, -0.1) is 0 Å². The summed E-state index contributed by atoms with van der Waals surface area (Å²) in [7, 11) is 0. The molecule has 0 saturated carbocycles. The standard InChI is InChI=1S/C18H26N2O3/c19-10-8-15-4-6-18(7-5-15)23-14-17(22)13-20-11-2-1-3-16(20)9-12-21/h4-7,16-17,21-22H,1-3,8-9,11-14H2/t16-,17-/m0/s1. The second-order valence-corrected chi connectivity index (χ2v) is 6.10. The summed E-state index contributed by atoms with van der Waals surface area (Å²) in [4.78, 5) is 2.27. The molecule has 0 aliphatic carbocycles. The topological polar surface area (TPSA) is 76.7 Å². The highest BCUT2D eigenvalue weighted by molar-refractivity contribution is 5.28. The average Bonchev–Trinajstić information content (AvgIpc) is 2.57. The number of likely N-dealkylation sites (tertiary alicyclic amines) is 1. The Labute approximate surface area is 138 Å². The molecule has 1 saturated heterocycles. The van der Waals surface area contributed by atoms with Gasteiger partial charge >= 0.3 is 0 Å². The summed E-state index contributed by atoms with van der Waals surface area (Å²) in [5.41, 5.74) is 0.959. The molecule has 1 aromatic carbocycles. The first-order chi connectivity index (χ1) is 11.2. The molecule has 1 aliphatic heterocycles. The van der Waals surface area contributed by atoms with Crippen LogP contribution in [0.1, 0.15) is 31.2 Å². The third-order valence-electron chi connectivity index (χ3n) is 4.31. The van der Waals surface area contributed by atoms with E-state index in [1.165, 1.54) is 6.42 Å². The van der Waals surface area contributed by atoms with E-state index in [1.807, 2.05) is 24.3 Å². The molecule has 0 aromatic heterocycles. The third kappa shape index (κ3) is 5.83. The second-order valence-electron chi connectivity index (χ2n) is 6.10. The molecule has 2 N–H and O–H groups in total. The predicted molar refractivity (Wildman–Crippen MR) is 88.2 cm³/mol. The van der Waals surface area contributed by atoms with E-state index in [-0.39, 0.29) is 13.2 Å². The van der Waals surface area contributed by atoms with E-state index in [9.17, 15) is 5.11 Å².